The third kappa shape index (κ3) is 2.34. The molecule has 1 saturated heterocycles. The number of hydrogen-bond acceptors (Lipinski definition) is 5. The quantitative estimate of drug-likeness (QED) is 0.616. The predicted octanol–water partition coefficient (Wildman–Crippen LogP) is 3.11. The van der Waals surface area contributed by atoms with Crippen LogP contribution in [0.4, 0.5) is 5.82 Å². The lowest BCUT2D eigenvalue weighted by atomic mass is 10.0. The normalized spacial score (nSPS) is 16.0. The van der Waals surface area contributed by atoms with E-state index in [2.05, 4.69) is 60.8 Å². The van der Waals surface area contributed by atoms with Crippen molar-refractivity contribution in [3.8, 4) is 0 Å². The van der Waals surface area contributed by atoms with Gasteiger partial charge in [-0.15, -0.1) is 0 Å². The number of aromatic nitrogens is 6. The minimum Gasteiger partial charge on any atom is -0.356 e. The minimum absolute atomic E-state index is 0.482. The van der Waals surface area contributed by atoms with Crippen LogP contribution in [0.25, 0.3) is 22.1 Å². The average Bonchev–Trinajstić information content (AvgIpc) is 3.32. The fourth-order valence-corrected chi connectivity index (χ4v) is 4.09. The molecule has 1 aliphatic rings. The summed E-state index contributed by atoms with van der Waals surface area (Å²) in [5.41, 5.74) is 3.15. The number of fused-ring (bicyclic) bond motifs is 2. The van der Waals surface area contributed by atoms with Crippen molar-refractivity contribution in [1.29, 1.82) is 0 Å². The number of aromatic amines is 1. The highest BCUT2D eigenvalue weighted by atomic mass is 15.2. The molecular weight excluding hydrogens is 326 g/mol. The van der Waals surface area contributed by atoms with Gasteiger partial charge in [0.15, 0.2) is 5.65 Å². The minimum atomic E-state index is 0.482. The molecule has 132 valence electrons. The maximum absolute atomic E-state index is 4.83. The molecule has 0 saturated carbocycles. The van der Waals surface area contributed by atoms with E-state index < -0.39 is 0 Å². The van der Waals surface area contributed by atoms with Crippen molar-refractivity contribution in [3.05, 3.63) is 42.6 Å². The summed E-state index contributed by atoms with van der Waals surface area (Å²) < 4.78 is 2.46. The van der Waals surface area contributed by atoms with E-state index in [9.17, 15) is 0 Å². The van der Waals surface area contributed by atoms with Crippen LogP contribution in [0.2, 0.25) is 0 Å². The van der Waals surface area contributed by atoms with Gasteiger partial charge in [0.25, 0.3) is 0 Å². The number of benzene rings is 1. The van der Waals surface area contributed by atoms with Gasteiger partial charge in [-0.3, -0.25) is 5.10 Å². The number of para-hydroxylation sites is 2. The molecule has 0 atom stereocenters. The van der Waals surface area contributed by atoms with Crippen molar-refractivity contribution in [1.82, 2.24) is 29.7 Å². The van der Waals surface area contributed by atoms with E-state index in [1.807, 2.05) is 6.20 Å². The molecule has 0 aliphatic carbocycles. The van der Waals surface area contributed by atoms with Crippen molar-refractivity contribution < 1.29 is 0 Å². The van der Waals surface area contributed by atoms with Crippen LogP contribution in [0.5, 0.6) is 0 Å². The molecule has 1 N–H and O–H groups in total. The first kappa shape index (κ1) is 15.3. The van der Waals surface area contributed by atoms with Crippen LogP contribution in [0.3, 0.4) is 0 Å². The van der Waals surface area contributed by atoms with Crippen LogP contribution in [-0.4, -0.2) is 42.8 Å². The van der Waals surface area contributed by atoms with E-state index in [1.165, 1.54) is 11.3 Å². The topological polar surface area (TPSA) is 75.5 Å². The molecule has 0 radical (unpaired) electrons. The molecular formula is C19H21N7. The molecule has 7 heteroatoms. The number of nitrogens with one attached hydrogen (secondary N) is 1. The van der Waals surface area contributed by atoms with Crippen molar-refractivity contribution in [2.45, 2.75) is 32.2 Å². The van der Waals surface area contributed by atoms with Gasteiger partial charge in [0.2, 0.25) is 0 Å². The lowest BCUT2D eigenvalue weighted by Crippen LogP contribution is -2.35. The lowest BCUT2D eigenvalue weighted by molar-refractivity contribution is 0.394. The van der Waals surface area contributed by atoms with Gasteiger partial charge >= 0.3 is 0 Å². The Labute approximate surface area is 151 Å². The second-order valence-electron chi connectivity index (χ2n) is 6.79. The standard InChI is InChI=1S/C19H21N7/c1-2-17-23-15-5-3-4-6-16(15)26(17)13-7-9-25(10-8-13)19-14-11-22-24-18(14)20-12-21-19/h3-6,11-13H,2,7-10H2,1H3,(H,20,21,22,24). The van der Waals surface area contributed by atoms with Gasteiger partial charge < -0.3 is 9.47 Å². The summed E-state index contributed by atoms with van der Waals surface area (Å²) in [5.74, 6) is 2.16. The van der Waals surface area contributed by atoms with Gasteiger partial charge in [-0.2, -0.15) is 5.10 Å². The second kappa shape index (κ2) is 6.09. The summed E-state index contributed by atoms with van der Waals surface area (Å²) in [6.07, 6.45) is 6.54. The molecule has 1 aliphatic heterocycles. The third-order valence-electron chi connectivity index (χ3n) is 5.34. The van der Waals surface area contributed by atoms with Crippen molar-refractivity contribution in [2.24, 2.45) is 0 Å². The van der Waals surface area contributed by atoms with Crippen LogP contribution < -0.4 is 4.90 Å². The van der Waals surface area contributed by atoms with E-state index in [4.69, 9.17) is 4.98 Å². The fraction of sp³-hybridized carbons (Fsp3) is 0.368. The zero-order valence-corrected chi connectivity index (χ0v) is 14.8. The van der Waals surface area contributed by atoms with Crippen molar-refractivity contribution >= 4 is 27.9 Å². The first-order valence-corrected chi connectivity index (χ1v) is 9.20. The highest BCUT2D eigenvalue weighted by Gasteiger charge is 2.25. The number of H-pyrrole nitrogens is 1. The number of aryl methyl sites for hydroxylation is 1. The fourth-order valence-electron chi connectivity index (χ4n) is 4.09. The highest BCUT2D eigenvalue weighted by Crippen LogP contribution is 2.32. The lowest BCUT2D eigenvalue weighted by Gasteiger charge is -2.34. The average molecular weight is 347 g/mol. The van der Waals surface area contributed by atoms with Crippen LogP contribution in [0, 0.1) is 0 Å². The predicted molar refractivity (Wildman–Crippen MR) is 101 cm³/mol. The van der Waals surface area contributed by atoms with E-state index in [1.54, 1.807) is 6.33 Å². The molecule has 0 amide bonds. The molecule has 0 unspecified atom stereocenters. The van der Waals surface area contributed by atoms with Crippen LogP contribution >= 0.6 is 0 Å². The monoisotopic (exact) mass is 347 g/mol. The number of hydrogen-bond donors (Lipinski definition) is 1. The molecule has 5 rings (SSSR count). The van der Waals surface area contributed by atoms with Crippen LogP contribution in [-0.2, 0) is 6.42 Å². The molecule has 1 aromatic carbocycles. The molecule has 4 aromatic rings. The highest BCUT2D eigenvalue weighted by molar-refractivity contribution is 5.86. The molecule has 4 heterocycles. The molecule has 0 spiro atoms. The summed E-state index contributed by atoms with van der Waals surface area (Å²) in [7, 11) is 0. The summed E-state index contributed by atoms with van der Waals surface area (Å²) in [4.78, 5) is 15.9. The van der Waals surface area contributed by atoms with E-state index in [0.29, 0.717) is 6.04 Å². The first-order valence-electron chi connectivity index (χ1n) is 9.20. The Hall–Kier alpha value is -2.96. The first-order chi connectivity index (χ1) is 12.8. The van der Waals surface area contributed by atoms with Crippen molar-refractivity contribution in [3.63, 3.8) is 0 Å². The zero-order chi connectivity index (χ0) is 17.5. The van der Waals surface area contributed by atoms with Crippen molar-refractivity contribution in [2.75, 3.05) is 18.0 Å². The smallest absolute Gasteiger partial charge is 0.160 e. The van der Waals surface area contributed by atoms with E-state index in [0.717, 1.165) is 54.7 Å². The summed E-state index contributed by atoms with van der Waals surface area (Å²) >= 11 is 0. The van der Waals surface area contributed by atoms with Gasteiger partial charge in [0.1, 0.15) is 18.0 Å². The largest absolute Gasteiger partial charge is 0.356 e. The van der Waals surface area contributed by atoms with E-state index >= 15 is 0 Å². The van der Waals surface area contributed by atoms with Gasteiger partial charge in [-0.25, -0.2) is 15.0 Å². The zero-order valence-electron chi connectivity index (χ0n) is 14.8. The second-order valence-corrected chi connectivity index (χ2v) is 6.79. The number of nitrogens with zero attached hydrogens (tertiary/aromatic N) is 6. The Morgan fingerprint density at radius 1 is 1.15 bits per heavy atom. The Morgan fingerprint density at radius 3 is 2.85 bits per heavy atom. The Kier molecular flexibility index (Phi) is 3.58. The molecule has 0 bridgehead atoms. The molecule has 1 fully saturated rings. The van der Waals surface area contributed by atoms with Gasteiger partial charge in [0.05, 0.1) is 22.6 Å². The van der Waals surface area contributed by atoms with Crippen LogP contribution in [0.1, 0.15) is 31.6 Å². The van der Waals surface area contributed by atoms with Gasteiger partial charge in [-0.1, -0.05) is 19.1 Å². The molecule has 26 heavy (non-hydrogen) atoms. The third-order valence-corrected chi connectivity index (χ3v) is 5.34. The van der Waals surface area contributed by atoms with Crippen LogP contribution in [0.15, 0.2) is 36.8 Å². The number of anilines is 1. The van der Waals surface area contributed by atoms with E-state index in [-0.39, 0.29) is 0 Å². The molecule has 3 aromatic heterocycles. The maximum Gasteiger partial charge on any atom is 0.160 e. The van der Waals surface area contributed by atoms with Gasteiger partial charge in [0, 0.05) is 25.6 Å². The summed E-state index contributed by atoms with van der Waals surface area (Å²) in [5, 5.41) is 8.02. The Bertz CT molecular complexity index is 1060. The summed E-state index contributed by atoms with van der Waals surface area (Å²) in [6, 6.07) is 8.94. The Balaban J connectivity index is 1.44. The maximum atomic E-state index is 4.83. The number of piperidine rings is 1. The number of rotatable bonds is 3. The van der Waals surface area contributed by atoms with Gasteiger partial charge in [-0.05, 0) is 25.0 Å². The molecule has 7 nitrogen and oxygen atoms in total. The summed E-state index contributed by atoms with van der Waals surface area (Å²) in [6.45, 7) is 4.12. The Morgan fingerprint density at radius 2 is 2.00 bits per heavy atom. The SMILES string of the molecule is CCc1nc2ccccc2n1C1CCN(c2ncnc3[nH]ncc23)CC1. The number of imidazole rings is 1.